The lowest BCUT2D eigenvalue weighted by atomic mass is 9.87. The summed E-state index contributed by atoms with van der Waals surface area (Å²) in [7, 11) is -1.27. The fraction of sp³-hybridized carbons (Fsp3) is 0.458. The molecule has 1 radical (unpaired) electrons. The Labute approximate surface area is 164 Å². The van der Waals surface area contributed by atoms with Gasteiger partial charge in [-0.3, -0.25) is 4.79 Å². The van der Waals surface area contributed by atoms with Gasteiger partial charge in [0.05, 0.1) is 0 Å². The van der Waals surface area contributed by atoms with E-state index in [0.29, 0.717) is 29.6 Å². The third-order valence-corrected chi connectivity index (χ3v) is 8.49. The van der Waals surface area contributed by atoms with Crippen LogP contribution in [0.5, 0.6) is 0 Å². The topological polar surface area (TPSA) is 26.3 Å². The van der Waals surface area contributed by atoms with Crippen molar-refractivity contribution in [3.05, 3.63) is 60.2 Å². The molecule has 0 amide bonds. The van der Waals surface area contributed by atoms with Crippen molar-refractivity contribution in [2.75, 3.05) is 0 Å². The van der Waals surface area contributed by atoms with Crippen LogP contribution in [0.15, 0.2) is 54.6 Å². The summed E-state index contributed by atoms with van der Waals surface area (Å²) in [5.74, 6) is 1.85. The third-order valence-electron chi connectivity index (χ3n) is 6.20. The summed E-state index contributed by atoms with van der Waals surface area (Å²) in [5, 5.41) is 2.61. The summed E-state index contributed by atoms with van der Waals surface area (Å²) in [4.78, 5) is 11.7. The molecule has 2 saturated carbocycles. The van der Waals surface area contributed by atoms with E-state index in [1.54, 1.807) is 6.92 Å². The zero-order chi connectivity index (χ0) is 19.2. The predicted octanol–water partition coefficient (Wildman–Crippen LogP) is 3.72. The molecule has 2 fully saturated rings. The number of carbonyl (C=O) groups excluding carboxylic acids is 1. The molecule has 0 bridgehead atoms. The maximum absolute atomic E-state index is 11.7. The van der Waals surface area contributed by atoms with Crippen LogP contribution in [-0.4, -0.2) is 20.9 Å². The summed E-state index contributed by atoms with van der Waals surface area (Å²) in [5.41, 5.74) is 1.51. The second-order valence-corrected chi connectivity index (χ2v) is 11.2. The molecule has 0 aliphatic heterocycles. The summed E-state index contributed by atoms with van der Waals surface area (Å²) >= 11 is 0. The number of fused-ring (bicyclic) bond motifs is 1. The van der Waals surface area contributed by atoms with Crippen molar-refractivity contribution in [1.29, 1.82) is 0 Å². The largest absolute Gasteiger partial charge is 0.404 e. The molecule has 0 N–H and O–H groups in total. The summed E-state index contributed by atoms with van der Waals surface area (Å²) in [6.07, 6.45) is 2.40. The zero-order valence-corrected chi connectivity index (χ0v) is 17.7. The molecule has 0 aromatic heterocycles. The lowest BCUT2D eigenvalue weighted by Crippen LogP contribution is -2.47. The molecule has 4 rings (SSSR count). The molecule has 2 atom stereocenters. The molecular weight excluding hydrogens is 348 g/mol. The molecule has 0 spiro atoms. The Hall–Kier alpha value is -1.71. The fourth-order valence-electron chi connectivity index (χ4n) is 4.67. The van der Waals surface area contributed by atoms with Gasteiger partial charge in [-0.05, 0) is 53.0 Å². The van der Waals surface area contributed by atoms with Crippen molar-refractivity contribution in [1.82, 2.24) is 0 Å². The predicted molar refractivity (Wildman–Crippen MR) is 112 cm³/mol. The van der Waals surface area contributed by atoms with Crippen molar-refractivity contribution in [3.63, 3.8) is 0 Å². The maximum atomic E-state index is 11.7. The van der Waals surface area contributed by atoms with Crippen LogP contribution in [0.3, 0.4) is 0 Å². The number of benzene rings is 2. The first-order chi connectivity index (χ1) is 12.8. The van der Waals surface area contributed by atoms with Gasteiger partial charge >= 0.3 is 0 Å². The van der Waals surface area contributed by atoms with Crippen molar-refractivity contribution in [2.24, 2.45) is 17.8 Å². The SMILES string of the molecule is CC(=O)C1C2CC(O[Si](c3ccccc3)c3ccc(C(C)(C)C)cc3)CC21. The lowest BCUT2D eigenvalue weighted by Gasteiger charge is -2.24. The maximum Gasteiger partial charge on any atom is 0.283 e. The number of hydrogen-bond acceptors (Lipinski definition) is 2. The standard InChI is InChI=1S/C24H29O2Si/c1-16(25)23-21-14-18(15-22(21)23)26-27(19-8-6-5-7-9-19)20-12-10-17(11-13-20)24(2,3)4/h5-13,18,21-23H,14-15H2,1-4H3. The normalized spacial score (nSPS) is 26.9. The third kappa shape index (κ3) is 3.81. The van der Waals surface area contributed by atoms with Crippen LogP contribution in [0, 0.1) is 17.8 Å². The smallest absolute Gasteiger partial charge is 0.283 e. The van der Waals surface area contributed by atoms with Gasteiger partial charge in [0.15, 0.2) is 0 Å². The van der Waals surface area contributed by atoms with Crippen molar-refractivity contribution >= 4 is 25.2 Å². The van der Waals surface area contributed by atoms with Crippen LogP contribution in [-0.2, 0) is 14.6 Å². The van der Waals surface area contributed by atoms with E-state index in [-0.39, 0.29) is 5.41 Å². The molecule has 27 heavy (non-hydrogen) atoms. The number of rotatable bonds is 5. The first kappa shape index (κ1) is 18.6. The molecule has 0 heterocycles. The number of carbonyl (C=O) groups is 1. The van der Waals surface area contributed by atoms with Gasteiger partial charge < -0.3 is 4.43 Å². The second kappa shape index (κ2) is 7.03. The molecule has 2 aromatic rings. The number of hydrogen-bond donors (Lipinski definition) is 0. The van der Waals surface area contributed by atoms with Crippen LogP contribution in [0.1, 0.15) is 46.1 Å². The minimum absolute atomic E-state index is 0.160. The minimum atomic E-state index is -1.27. The lowest BCUT2D eigenvalue weighted by molar-refractivity contribution is -0.119. The van der Waals surface area contributed by atoms with Gasteiger partial charge in [-0.15, -0.1) is 0 Å². The fourth-order valence-corrected chi connectivity index (χ4v) is 6.77. The van der Waals surface area contributed by atoms with Crippen molar-refractivity contribution in [3.8, 4) is 0 Å². The summed E-state index contributed by atoms with van der Waals surface area (Å²) in [6, 6.07) is 19.7. The highest BCUT2D eigenvalue weighted by molar-refractivity contribution is 6.80. The molecule has 2 aliphatic rings. The van der Waals surface area contributed by atoms with E-state index in [0.717, 1.165) is 12.8 Å². The van der Waals surface area contributed by atoms with E-state index in [9.17, 15) is 4.79 Å². The summed E-state index contributed by atoms with van der Waals surface area (Å²) < 4.78 is 6.73. The van der Waals surface area contributed by atoms with Crippen LogP contribution in [0.2, 0.25) is 0 Å². The van der Waals surface area contributed by atoms with Gasteiger partial charge in [0.2, 0.25) is 0 Å². The summed E-state index contributed by atoms with van der Waals surface area (Å²) in [6.45, 7) is 8.49. The van der Waals surface area contributed by atoms with Crippen molar-refractivity contribution in [2.45, 2.75) is 52.1 Å². The molecule has 2 aromatic carbocycles. The van der Waals surface area contributed by atoms with E-state index >= 15 is 0 Å². The number of ketones is 1. The molecule has 2 aliphatic carbocycles. The van der Waals surface area contributed by atoms with Gasteiger partial charge in [0.25, 0.3) is 9.04 Å². The van der Waals surface area contributed by atoms with Gasteiger partial charge in [0, 0.05) is 12.0 Å². The Bertz CT molecular complexity index is 795. The number of Topliss-reactive ketones (excluding diaryl/α,β-unsaturated/α-hetero) is 1. The van der Waals surface area contributed by atoms with Crippen LogP contribution in [0.4, 0.5) is 0 Å². The molecule has 141 valence electrons. The quantitative estimate of drug-likeness (QED) is 0.743. The highest BCUT2D eigenvalue weighted by atomic mass is 28.3. The molecule has 2 nitrogen and oxygen atoms in total. The Morgan fingerprint density at radius 3 is 2.00 bits per heavy atom. The van der Waals surface area contributed by atoms with Crippen molar-refractivity contribution < 1.29 is 9.22 Å². The van der Waals surface area contributed by atoms with Gasteiger partial charge in [0.1, 0.15) is 5.78 Å². The zero-order valence-electron chi connectivity index (χ0n) is 16.7. The molecule has 2 unspecified atom stereocenters. The van der Waals surface area contributed by atoms with Crippen LogP contribution in [0.25, 0.3) is 0 Å². The van der Waals surface area contributed by atoms with Gasteiger partial charge in [-0.2, -0.15) is 0 Å². The minimum Gasteiger partial charge on any atom is -0.404 e. The first-order valence-corrected chi connectivity index (χ1v) is 11.5. The van der Waals surface area contributed by atoms with E-state index < -0.39 is 9.04 Å². The monoisotopic (exact) mass is 377 g/mol. The first-order valence-electron chi connectivity index (χ1n) is 10.0. The molecular formula is C24H29O2Si. The highest BCUT2D eigenvalue weighted by Crippen LogP contribution is 2.58. The Morgan fingerprint density at radius 2 is 1.48 bits per heavy atom. The Morgan fingerprint density at radius 1 is 0.926 bits per heavy atom. The van der Waals surface area contributed by atoms with Crippen LogP contribution < -0.4 is 10.4 Å². The average molecular weight is 378 g/mol. The van der Waals surface area contributed by atoms with Gasteiger partial charge in [-0.1, -0.05) is 75.4 Å². The van der Waals surface area contributed by atoms with Gasteiger partial charge in [-0.25, -0.2) is 0 Å². The van der Waals surface area contributed by atoms with E-state index in [1.165, 1.54) is 15.9 Å². The Kier molecular flexibility index (Phi) is 4.85. The Balaban J connectivity index is 1.53. The van der Waals surface area contributed by atoms with E-state index in [2.05, 4.69) is 75.4 Å². The second-order valence-electron chi connectivity index (χ2n) is 9.20. The molecule has 3 heteroatoms. The highest BCUT2D eigenvalue weighted by Gasteiger charge is 2.58. The average Bonchev–Trinajstić information content (AvgIpc) is 3.16. The molecule has 0 saturated heterocycles. The van der Waals surface area contributed by atoms with E-state index in [4.69, 9.17) is 4.43 Å². The van der Waals surface area contributed by atoms with E-state index in [1.807, 2.05) is 0 Å². The van der Waals surface area contributed by atoms with Crippen LogP contribution >= 0.6 is 0 Å².